The lowest BCUT2D eigenvalue weighted by Gasteiger charge is -2.09. The van der Waals surface area contributed by atoms with Crippen LogP contribution < -0.4 is 4.74 Å². The van der Waals surface area contributed by atoms with Crippen LogP contribution in [0.2, 0.25) is 0 Å². The third-order valence-corrected chi connectivity index (χ3v) is 9.75. The molecule has 1 rings (SSSR count). The van der Waals surface area contributed by atoms with Gasteiger partial charge in [0.1, 0.15) is 18.6 Å². The van der Waals surface area contributed by atoms with Gasteiger partial charge in [0.05, 0.1) is 152 Å². The van der Waals surface area contributed by atoms with E-state index in [-0.39, 0.29) is 0 Å². The molecule has 0 saturated heterocycles. The average Bonchev–Trinajstić information content (AvgIpc) is 3.30. The van der Waals surface area contributed by atoms with Gasteiger partial charge in [0.15, 0.2) is 0 Å². The van der Waals surface area contributed by atoms with Crippen LogP contribution in [0, 0.1) is 0 Å². The van der Waals surface area contributed by atoms with Gasteiger partial charge in [-0.1, -0.05) is 103 Å². The smallest absolute Gasteiger partial charge is 0.150 e. The number of hydrogen-bond donors (Lipinski definition) is 0. The molecule has 1 aromatic rings. The summed E-state index contributed by atoms with van der Waals surface area (Å²) in [6.07, 6.45) is 22.9. The number of carbonyl (C=O) groups excluding carboxylic acids is 1. The fourth-order valence-corrected chi connectivity index (χ4v) is 6.13. The first-order valence-corrected chi connectivity index (χ1v) is 24.5. The van der Waals surface area contributed by atoms with Crippen LogP contribution in [0.4, 0.5) is 0 Å². The van der Waals surface area contributed by atoms with E-state index in [1.807, 2.05) is 0 Å². The van der Waals surface area contributed by atoms with Gasteiger partial charge in [-0.05, 0) is 30.7 Å². The minimum Gasteiger partial charge on any atom is -0.491 e. The fraction of sp³-hybridized carbons (Fsp3) is 0.857. The Balaban J connectivity index is 1.60. The second-order valence-corrected chi connectivity index (χ2v) is 15.2. The van der Waals surface area contributed by atoms with Crippen molar-refractivity contribution in [3.63, 3.8) is 0 Å². The number of hydrogen-bond acceptors (Lipinski definition) is 14. The second kappa shape index (κ2) is 52.8. The molecular formula is C49H90O14. The Hall–Kier alpha value is -1.79. The van der Waals surface area contributed by atoms with Crippen molar-refractivity contribution in [3.8, 4) is 5.75 Å². The van der Waals surface area contributed by atoms with Gasteiger partial charge in [-0.25, -0.2) is 0 Å². The van der Waals surface area contributed by atoms with Crippen LogP contribution in [0.5, 0.6) is 5.75 Å². The SMILES string of the molecule is CCCCCCCCCCCCCCCCCCOCCOCCOCCOCCOCCOCCOCCOCCOCCOCCOCCOCCOc1ccc(C=O)cc1. The average molecular weight is 903 g/mol. The van der Waals surface area contributed by atoms with E-state index in [2.05, 4.69) is 6.92 Å². The molecule has 0 fully saturated rings. The van der Waals surface area contributed by atoms with Crippen LogP contribution in [0.3, 0.4) is 0 Å². The van der Waals surface area contributed by atoms with E-state index in [4.69, 9.17) is 61.6 Å². The van der Waals surface area contributed by atoms with Crippen molar-refractivity contribution in [2.45, 2.75) is 110 Å². The molecule has 14 nitrogen and oxygen atoms in total. The quantitative estimate of drug-likeness (QED) is 0.0458. The molecule has 0 aromatic heterocycles. The molecule has 63 heavy (non-hydrogen) atoms. The van der Waals surface area contributed by atoms with E-state index >= 15 is 0 Å². The predicted octanol–water partition coefficient (Wildman–Crippen LogP) is 8.34. The van der Waals surface area contributed by atoms with Crippen LogP contribution in [-0.4, -0.2) is 171 Å². The zero-order valence-corrected chi connectivity index (χ0v) is 39.6. The summed E-state index contributed by atoms with van der Waals surface area (Å²) < 4.78 is 72.0. The highest BCUT2D eigenvalue weighted by atomic mass is 16.6. The molecule has 0 radical (unpaired) electrons. The van der Waals surface area contributed by atoms with Crippen molar-refractivity contribution >= 4 is 6.29 Å². The van der Waals surface area contributed by atoms with Crippen molar-refractivity contribution in [3.05, 3.63) is 29.8 Å². The molecule has 0 bridgehead atoms. The van der Waals surface area contributed by atoms with Gasteiger partial charge in [-0.15, -0.1) is 0 Å². The third-order valence-electron chi connectivity index (χ3n) is 9.75. The molecule has 0 heterocycles. The maximum Gasteiger partial charge on any atom is 0.150 e. The van der Waals surface area contributed by atoms with Crippen molar-refractivity contribution in [2.24, 2.45) is 0 Å². The van der Waals surface area contributed by atoms with E-state index in [0.29, 0.717) is 170 Å². The topological polar surface area (TPSA) is 137 Å². The zero-order valence-electron chi connectivity index (χ0n) is 39.6. The standard InChI is InChI=1S/C49H90O14/c1-2-3-4-5-6-7-8-9-10-11-12-13-14-15-16-17-22-51-23-24-52-25-26-53-27-28-54-29-30-55-31-32-56-33-34-57-35-36-58-37-38-59-39-40-60-41-42-61-43-44-62-45-46-63-49-20-18-48(47-50)19-21-49/h18-21,47H,2-17,22-46H2,1H3. The summed E-state index contributed by atoms with van der Waals surface area (Å²) in [6, 6.07) is 6.95. The van der Waals surface area contributed by atoms with Gasteiger partial charge < -0.3 is 61.6 Å². The molecule has 0 saturated carbocycles. The largest absolute Gasteiger partial charge is 0.491 e. The first-order valence-electron chi connectivity index (χ1n) is 24.5. The van der Waals surface area contributed by atoms with Crippen LogP contribution in [0.25, 0.3) is 0 Å². The highest BCUT2D eigenvalue weighted by Gasteiger charge is 2.00. The number of benzene rings is 1. The summed E-state index contributed by atoms with van der Waals surface area (Å²) in [4.78, 5) is 10.7. The third kappa shape index (κ3) is 48.0. The maximum absolute atomic E-state index is 10.7. The van der Waals surface area contributed by atoms with E-state index in [1.54, 1.807) is 24.3 Å². The van der Waals surface area contributed by atoms with Crippen molar-refractivity contribution < 1.29 is 66.4 Å². The van der Waals surface area contributed by atoms with Crippen molar-refractivity contribution in [1.29, 1.82) is 0 Å². The van der Waals surface area contributed by atoms with Crippen molar-refractivity contribution in [1.82, 2.24) is 0 Å². The number of carbonyl (C=O) groups is 1. The lowest BCUT2D eigenvalue weighted by atomic mass is 10.0. The molecule has 14 heteroatoms. The fourth-order valence-electron chi connectivity index (χ4n) is 6.13. The number of aldehydes is 1. The lowest BCUT2D eigenvalue weighted by Crippen LogP contribution is -2.15. The summed E-state index contributed by atoms with van der Waals surface area (Å²) in [5.74, 6) is 0.705. The Bertz CT molecular complexity index is 1000. The Morgan fingerprint density at radius 1 is 0.286 bits per heavy atom. The van der Waals surface area contributed by atoms with Gasteiger partial charge in [-0.3, -0.25) is 4.79 Å². The molecule has 1 aromatic carbocycles. The van der Waals surface area contributed by atoms with Crippen LogP contribution in [0.15, 0.2) is 24.3 Å². The molecule has 0 aliphatic rings. The highest BCUT2D eigenvalue weighted by molar-refractivity contribution is 5.74. The second-order valence-electron chi connectivity index (χ2n) is 15.2. The number of rotatable bonds is 55. The van der Waals surface area contributed by atoms with Gasteiger partial charge >= 0.3 is 0 Å². The molecule has 370 valence electrons. The van der Waals surface area contributed by atoms with Gasteiger partial charge in [0, 0.05) is 12.2 Å². The summed E-state index contributed by atoms with van der Waals surface area (Å²) >= 11 is 0. The molecule has 0 unspecified atom stereocenters. The maximum atomic E-state index is 10.7. The van der Waals surface area contributed by atoms with Gasteiger partial charge in [-0.2, -0.15) is 0 Å². The van der Waals surface area contributed by atoms with Crippen LogP contribution in [-0.2, 0) is 56.8 Å². The Morgan fingerprint density at radius 3 is 0.762 bits per heavy atom. The molecule has 0 atom stereocenters. The molecular weight excluding hydrogens is 813 g/mol. The summed E-state index contributed by atoms with van der Waals surface area (Å²) in [7, 11) is 0. The summed E-state index contributed by atoms with van der Waals surface area (Å²) in [6.45, 7) is 15.5. The Morgan fingerprint density at radius 2 is 0.508 bits per heavy atom. The Labute approximate surface area is 382 Å². The van der Waals surface area contributed by atoms with Crippen LogP contribution in [0.1, 0.15) is 120 Å². The molecule has 0 N–H and O–H groups in total. The summed E-state index contributed by atoms with van der Waals surface area (Å²) in [5.41, 5.74) is 0.619. The minimum absolute atomic E-state index is 0.430. The number of unbranched alkanes of at least 4 members (excludes halogenated alkanes) is 15. The minimum atomic E-state index is 0.430. The van der Waals surface area contributed by atoms with Crippen LogP contribution >= 0.6 is 0 Å². The lowest BCUT2D eigenvalue weighted by molar-refractivity contribution is -0.0285. The van der Waals surface area contributed by atoms with E-state index in [0.717, 1.165) is 19.3 Å². The monoisotopic (exact) mass is 903 g/mol. The summed E-state index contributed by atoms with van der Waals surface area (Å²) in [5, 5.41) is 0. The van der Waals surface area contributed by atoms with E-state index in [1.165, 1.54) is 96.3 Å². The zero-order chi connectivity index (χ0) is 44.9. The highest BCUT2D eigenvalue weighted by Crippen LogP contribution is 2.14. The van der Waals surface area contributed by atoms with Gasteiger partial charge in [0.25, 0.3) is 0 Å². The van der Waals surface area contributed by atoms with E-state index < -0.39 is 0 Å². The first kappa shape index (κ1) is 59.2. The molecule has 0 aliphatic carbocycles. The molecule has 0 spiro atoms. The Kier molecular flexibility index (Phi) is 49.7. The normalized spacial score (nSPS) is 11.5. The molecule has 0 amide bonds. The van der Waals surface area contributed by atoms with Crippen molar-refractivity contribution in [2.75, 3.05) is 165 Å². The van der Waals surface area contributed by atoms with E-state index in [9.17, 15) is 4.79 Å². The molecule has 0 aliphatic heterocycles. The first-order chi connectivity index (χ1) is 31.4. The predicted molar refractivity (Wildman–Crippen MR) is 247 cm³/mol. The number of ether oxygens (including phenoxy) is 13. The van der Waals surface area contributed by atoms with Gasteiger partial charge in [0.2, 0.25) is 0 Å².